The molecule has 1 amide bonds. The maximum atomic E-state index is 13.5. The number of ether oxygens (including phenoxy) is 3. The van der Waals surface area contributed by atoms with Gasteiger partial charge in [0.25, 0.3) is 5.91 Å². The third kappa shape index (κ3) is 6.36. The number of amides is 1. The average Bonchev–Trinajstić information content (AvgIpc) is 3.31. The number of carbonyl (C=O) groups is 1. The van der Waals surface area contributed by atoms with Gasteiger partial charge in [0.2, 0.25) is 0 Å². The molecule has 0 spiro atoms. The summed E-state index contributed by atoms with van der Waals surface area (Å²) in [4.78, 5) is 14.7. The number of halogens is 1. The molecule has 1 aliphatic heterocycles. The SMILES string of the molecule is COc1cc(OC)c(C(=O)N(C)CCCCCC2CC(c3cccc(F)c3)NN2)cc1OC. The van der Waals surface area contributed by atoms with Crippen molar-refractivity contribution in [3.63, 3.8) is 0 Å². The van der Waals surface area contributed by atoms with Crippen LogP contribution in [0.3, 0.4) is 0 Å². The fourth-order valence-corrected chi connectivity index (χ4v) is 4.17. The molecule has 7 nitrogen and oxygen atoms in total. The van der Waals surface area contributed by atoms with Crippen molar-refractivity contribution in [2.75, 3.05) is 34.9 Å². The molecule has 2 unspecified atom stereocenters. The summed E-state index contributed by atoms with van der Waals surface area (Å²) in [5.74, 6) is 1.14. The molecule has 2 aromatic rings. The van der Waals surface area contributed by atoms with Crippen LogP contribution >= 0.6 is 0 Å². The van der Waals surface area contributed by atoms with Crippen LogP contribution in [0.4, 0.5) is 4.39 Å². The van der Waals surface area contributed by atoms with Crippen molar-refractivity contribution >= 4 is 5.91 Å². The van der Waals surface area contributed by atoms with Crippen LogP contribution in [0.25, 0.3) is 0 Å². The van der Waals surface area contributed by atoms with E-state index in [-0.39, 0.29) is 17.8 Å². The number of unbranched alkanes of at least 4 members (excludes halogenated alkanes) is 2. The summed E-state index contributed by atoms with van der Waals surface area (Å²) in [5, 5.41) is 0. The van der Waals surface area contributed by atoms with Gasteiger partial charge in [-0.1, -0.05) is 25.0 Å². The fourth-order valence-electron chi connectivity index (χ4n) is 4.17. The highest BCUT2D eigenvalue weighted by atomic mass is 19.1. The minimum atomic E-state index is -0.206. The van der Waals surface area contributed by atoms with Crippen molar-refractivity contribution in [3.05, 3.63) is 53.3 Å². The topological polar surface area (TPSA) is 72.1 Å². The van der Waals surface area contributed by atoms with Gasteiger partial charge in [-0.05, 0) is 37.0 Å². The van der Waals surface area contributed by atoms with Gasteiger partial charge in [0.1, 0.15) is 11.6 Å². The van der Waals surface area contributed by atoms with Gasteiger partial charge in [0, 0.05) is 37.8 Å². The van der Waals surface area contributed by atoms with Gasteiger partial charge in [-0.2, -0.15) is 0 Å². The molecule has 180 valence electrons. The summed E-state index contributed by atoms with van der Waals surface area (Å²) >= 11 is 0. The first-order chi connectivity index (χ1) is 16.0. The standard InChI is InChI=1S/C25H34FN3O4/c1-29(25(30)20-15-23(32-3)24(33-4)16-22(20)31-2)12-7-5-6-11-19-14-21(28-27-19)17-9-8-10-18(26)13-17/h8-10,13,15-16,19,21,27-28H,5-7,11-12,14H2,1-4H3. The van der Waals surface area contributed by atoms with Gasteiger partial charge >= 0.3 is 0 Å². The molecule has 3 rings (SSSR count). The number of rotatable bonds is 11. The normalized spacial score (nSPS) is 17.6. The lowest BCUT2D eigenvalue weighted by atomic mass is 9.99. The molecule has 1 heterocycles. The average molecular weight is 460 g/mol. The molecular weight excluding hydrogens is 425 g/mol. The Morgan fingerprint density at radius 3 is 2.42 bits per heavy atom. The molecule has 0 aromatic heterocycles. The number of carbonyl (C=O) groups excluding carboxylic acids is 1. The molecule has 2 N–H and O–H groups in total. The van der Waals surface area contributed by atoms with E-state index < -0.39 is 0 Å². The van der Waals surface area contributed by atoms with Gasteiger partial charge in [-0.3, -0.25) is 15.6 Å². The van der Waals surface area contributed by atoms with Crippen LogP contribution in [0.15, 0.2) is 36.4 Å². The van der Waals surface area contributed by atoms with Crippen molar-refractivity contribution in [3.8, 4) is 17.2 Å². The zero-order valence-corrected chi connectivity index (χ0v) is 19.8. The van der Waals surface area contributed by atoms with E-state index in [4.69, 9.17) is 14.2 Å². The van der Waals surface area contributed by atoms with Crippen LogP contribution in [0, 0.1) is 5.82 Å². The van der Waals surface area contributed by atoms with Crippen LogP contribution in [-0.2, 0) is 0 Å². The first kappa shape index (κ1) is 24.8. The van der Waals surface area contributed by atoms with Gasteiger partial charge < -0.3 is 19.1 Å². The van der Waals surface area contributed by atoms with Crippen molar-refractivity contribution < 1.29 is 23.4 Å². The van der Waals surface area contributed by atoms with Crippen molar-refractivity contribution in [2.45, 2.75) is 44.2 Å². The second kappa shape index (κ2) is 11.9. The second-order valence-corrected chi connectivity index (χ2v) is 8.31. The second-order valence-electron chi connectivity index (χ2n) is 8.31. The number of benzene rings is 2. The molecule has 0 bridgehead atoms. The first-order valence-corrected chi connectivity index (χ1v) is 11.3. The lowest BCUT2D eigenvalue weighted by Gasteiger charge is -2.20. The highest BCUT2D eigenvalue weighted by Crippen LogP contribution is 2.35. The molecule has 1 saturated heterocycles. The van der Waals surface area contributed by atoms with E-state index >= 15 is 0 Å². The van der Waals surface area contributed by atoms with Crippen LogP contribution in [0.2, 0.25) is 0 Å². The van der Waals surface area contributed by atoms with E-state index in [1.54, 1.807) is 43.3 Å². The lowest BCUT2D eigenvalue weighted by molar-refractivity contribution is 0.0788. The molecule has 2 aromatic carbocycles. The van der Waals surface area contributed by atoms with Gasteiger partial charge in [-0.15, -0.1) is 0 Å². The monoisotopic (exact) mass is 459 g/mol. The predicted molar refractivity (Wildman–Crippen MR) is 125 cm³/mol. The van der Waals surface area contributed by atoms with Crippen molar-refractivity contribution in [2.24, 2.45) is 0 Å². The summed E-state index contributed by atoms with van der Waals surface area (Å²) in [7, 11) is 6.41. The molecule has 1 fully saturated rings. The molecule has 1 aliphatic rings. The van der Waals surface area contributed by atoms with Crippen LogP contribution < -0.4 is 25.1 Å². The Morgan fingerprint density at radius 1 is 1.00 bits per heavy atom. The van der Waals surface area contributed by atoms with Crippen molar-refractivity contribution in [1.29, 1.82) is 0 Å². The van der Waals surface area contributed by atoms with Crippen LogP contribution in [0.5, 0.6) is 17.2 Å². The number of nitrogens with one attached hydrogen (secondary N) is 2. The summed E-state index contributed by atoms with van der Waals surface area (Å²) in [6.45, 7) is 0.651. The van der Waals surface area contributed by atoms with Gasteiger partial charge in [0.15, 0.2) is 11.5 Å². The zero-order valence-electron chi connectivity index (χ0n) is 19.8. The number of hydrogen-bond acceptors (Lipinski definition) is 6. The van der Waals surface area contributed by atoms with E-state index in [0.717, 1.165) is 37.7 Å². The fraction of sp³-hybridized carbons (Fsp3) is 0.480. The van der Waals surface area contributed by atoms with Gasteiger partial charge in [-0.25, -0.2) is 4.39 Å². The molecule has 8 heteroatoms. The Hall–Kier alpha value is -2.84. The Balaban J connectivity index is 1.43. The molecule has 2 atom stereocenters. The number of methoxy groups -OCH3 is 3. The summed E-state index contributed by atoms with van der Waals surface area (Å²) < 4.78 is 29.5. The number of nitrogens with zero attached hydrogens (tertiary/aromatic N) is 1. The Bertz CT molecular complexity index is 940. The molecule has 33 heavy (non-hydrogen) atoms. The summed E-state index contributed by atoms with van der Waals surface area (Å²) in [6.07, 6.45) is 4.94. The van der Waals surface area contributed by atoms with Crippen LogP contribution in [-0.4, -0.2) is 51.8 Å². The largest absolute Gasteiger partial charge is 0.496 e. The maximum absolute atomic E-state index is 13.5. The minimum absolute atomic E-state index is 0.118. The quantitative estimate of drug-likeness (QED) is 0.493. The minimum Gasteiger partial charge on any atom is -0.496 e. The number of hydrazine groups is 1. The molecular formula is C25H34FN3O4. The lowest BCUT2D eigenvalue weighted by Crippen LogP contribution is -2.31. The third-order valence-electron chi connectivity index (χ3n) is 6.06. The Labute approximate surface area is 195 Å². The van der Waals surface area contributed by atoms with E-state index in [1.807, 2.05) is 6.07 Å². The zero-order chi connectivity index (χ0) is 23.8. The van der Waals surface area contributed by atoms with E-state index in [9.17, 15) is 9.18 Å². The van der Waals surface area contributed by atoms with Gasteiger partial charge in [0.05, 0.1) is 26.9 Å². The molecule has 0 aliphatic carbocycles. The Kier molecular flexibility index (Phi) is 8.91. The maximum Gasteiger partial charge on any atom is 0.257 e. The highest BCUT2D eigenvalue weighted by molar-refractivity contribution is 5.97. The molecule has 0 radical (unpaired) electrons. The van der Waals surface area contributed by atoms with Crippen molar-refractivity contribution in [1.82, 2.24) is 15.8 Å². The Morgan fingerprint density at radius 2 is 1.73 bits per heavy atom. The smallest absolute Gasteiger partial charge is 0.257 e. The number of hydrogen-bond donors (Lipinski definition) is 2. The predicted octanol–water partition coefficient (Wildman–Crippen LogP) is 4.09. The van der Waals surface area contributed by atoms with E-state index in [0.29, 0.717) is 35.4 Å². The first-order valence-electron chi connectivity index (χ1n) is 11.3. The summed E-state index contributed by atoms with van der Waals surface area (Å²) in [6, 6.07) is 10.6. The third-order valence-corrected chi connectivity index (χ3v) is 6.06. The van der Waals surface area contributed by atoms with E-state index in [1.165, 1.54) is 20.3 Å². The highest BCUT2D eigenvalue weighted by Gasteiger charge is 2.25. The van der Waals surface area contributed by atoms with Crippen LogP contribution in [0.1, 0.15) is 54.1 Å². The summed E-state index contributed by atoms with van der Waals surface area (Å²) in [5.41, 5.74) is 8.01. The van der Waals surface area contributed by atoms with E-state index in [2.05, 4.69) is 10.9 Å². The molecule has 0 saturated carbocycles.